The van der Waals surface area contributed by atoms with Gasteiger partial charge in [-0.1, -0.05) is 6.92 Å². The molecular formula is C14H19N3O. The molecule has 1 atom stereocenters. The lowest BCUT2D eigenvalue weighted by Gasteiger charge is -2.13. The average Bonchev–Trinajstić information content (AvgIpc) is 2.36. The number of aromatic nitrogens is 1. The van der Waals surface area contributed by atoms with Crippen LogP contribution in [0.15, 0.2) is 24.3 Å². The number of rotatable bonds is 4. The van der Waals surface area contributed by atoms with Crippen molar-refractivity contribution < 1.29 is 5.11 Å². The Morgan fingerprint density at radius 3 is 2.89 bits per heavy atom. The van der Waals surface area contributed by atoms with E-state index in [0.717, 1.165) is 28.7 Å². The van der Waals surface area contributed by atoms with Crippen molar-refractivity contribution in [1.29, 1.82) is 0 Å². The molecule has 2 aromatic rings. The molecule has 4 heteroatoms. The summed E-state index contributed by atoms with van der Waals surface area (Å²) in [5.41, 5.74) is 9.35. The van der Waals surface area contributed by atoms with Crippen LogP contribution < -0.4 is 11.1 Å². The fourth-order valence-corrected chi connectivity index (χ4v) is 1.89. The molecule has 1 unspecified atom stereocenters. The highest BCUT2D eigenvalue weighted by Crippen LogP contribution is 2.25. The Morgan fingerprint density at radius 2 is 2.17 bits per heavy atom. The quantitative estimate of drug-likeness (QED) is 0.723. The number of hydrogen-bond acceptors (Lipinski definition) is 4. The first-order valence-electron chi connectivity index (χ1n) is 6.19. The molecule has 0 fully saturated rings. The van der Waals surface area contributed by atoms with Crippen LogP contribution in [0.4, 0.5) is 11.4 Å². The maximum absolute atomic E-state index is 9.61. The first-order chi connectivity index (χ1) is 8.60. The minimum absolute atomic E-state index is 0.338. The van der Waals surface area contributed by atoms with E-state index < -0.39 is 0 Å². The van der Waals surface area contributed by atoms with E-state index in [1.165, 1.54) is 0 Å². The van der Waals surface area contributed by atoms with Crippen LogP contribution in [-0.2, 0) is 0 Å². The van der Waals surface area contributed by atoms with E-state index in [9.17, 15) is 5.11 Å². The molecule has 1 aromatic heterocycles. The summed E-state index contributed by atoms with van der Waals surface area (Å²) in [4.78, 5) is 4.47. The van der Waals surface area contributed by atoms with Gasteiger partial charge in [-0.3, -0.25) is 4.98 Å². The van der Waals surface area contributed by atoms with Crippen LogP contribution in [0.2, 0.25) is 0 Å². The predicted octanol–water partition coefficient (Wildman–Crippen LogP) is 2.31. The largest absolute Gasteiger partial charge is 0.399 e. The lowest BCUT2D eigenvalue weighted by Crippen LogP contribution is -2.18. The summed E-state index contributed by atoms with van der Waals surface area (Å²) in [6.07, 6.45) is 0.395. The number of pyridine rings is 1. The van der Waals surface area contributed by atoms with Crippen molar-refractivity contribution in [2.45, 2.75) is 26.4 Å². The maximum Gasteiger partial charge on any atom is 0.0727 e. The van der Waals surface area contributed by atoms with Crippen LogP contribution in [-0.4, -0.2) is 22.7 Å². The number of aryl methyl sites for hydroxylation is 1. The predicted molar refractivity (Wildman–Crippen MR) is 75.7 cm³/mol. The van der Waals surface area contributed by atoms with Gasteiger partial charge in [0.25, 0.3) is 0 Å². The lowest BCUT2D eigenvalue weighted by atomic mass is 10.1. The molecule has 1 aromatic carbocycles. The molecular weight excluding hydrogens is 226 g/mol. The molecule has 0 saturated heterocycles. The first kappa shape index (κ1) is 12.6. The second-order valence-corrected chi connectivity index (χ2v) is 4.53. The number of nitrogens with two attached hydrogens (primary N) is 1. The van der Waals surface area contributed by atoms with Crippen molar-refractivity contribution in [3.8, 4) is 0 Å². The van der Waals surface area contributed by atoms with E-state index in [1.807, 2.05) is 38.1 Å². The summed E-state index contributed by atoms with van der Waals surface area (Å²) >= 11 is 0. The smallest absolute Gasteiger partial charge is 0.0727 e. The second kappa shape index (κ2) is 5.23. The summed E-state index contributed by atoms with van der Waals surface area (Å²) in [5.74, 6) is 0. The Balaban J connectivity index is 2.38. The van der Waals surface area contributed by atoms with Gasteiger partial charge in [-0.2, -0.15) is 0 Å². The molecule has 0 radical (unpaired) electrons. The van der Waals surface area contributed by atoms with Crippen molar-refractivity contribution in [2.75, 3.05) is 17.6 Å². The van der Waals surface area contributed by atoms with Crippen LogP contribution in [0.25, 0.3) is 10.9 Å². The number of nitrogen functional groups attached to an aromatic ring is 1. The summed E-state index contributed by atoms with van der Waals surface area (Å²) in [5, 5.41) is 13.9. The highest BCUT2D eigenvalue weighted by atomic mass is 16.3. The Hall–Kier alpha value is -1.81. The Morgan fingerprint density at radius 1 is 1.39 bits per heavy atom. The molecule has 0 aliphatic rings. The Kier molecular flexibility index (Phi) is 3.67. The third kappa shape index (κ3) is 2.71. The van der Waals surface area contributed by atoms with Crippen molar-refractivity contribution in [3.63, 3.8) is 0 Å². The Bertz CT molecular complexity index is 554. The lowest BCUT2D eigenvalue weighted by molar-refractivity contribution is 0.183. The normalized spacial score (nSPS) is 12.6. The van der Waals surface area contributed by atoms with Crippen LogP contribution in [0.5, 0.6) is 0 Å². The molecule has 18 heavy (non-hydrogen) atoms. The standard InChI is InChI=1S/C14H19N3O/c1-3-11(18)8-16-14-6-9(2)17-13-5-4-10(15)7-12(13)14/h4-7,11,18H,3,8,15H2,1-2H3,(H,16,17). The van der Waals surface area contributed by atoms with Gasteiger partial charge < -0.3 is 16.2 Å². The number of aliphatic hydroxyl groups is 1. The molecule has 0 spiro atoms. The molecule has 96 valence electrons. The van der Waals surface area contributed by atoms with Crippen molar-refractivity contribution in [2.24, 2.45) is 0 Å². The van der Waals surface area contributed by atoms with Gasteiger partial charge in [0.2, 0.25) is 0 Å². The van der Waals surface area contributed by atoms with Crippen LogP contribution in [0.1, 0.15) is 19.0 Å². The van der Waals surface area contributed by atoms with E-state index in [2.05, 4.69) is 10.3 Å². The third-order valence-corrected chi connectivity index (χ3v) is 2.96. The van der Waals surface area contributed by atoms with Crippen molar-refractivity contribution >= 4 is 22.3 Å². The fourth-order valence-electron chi connectivity index (χ4n) is 1.89. The summed E-state index contributed by atoms with van der Waals surface area (Å²) in [6.45, 7) is 4.45. The number of fused-ring (bicyclic) bond motifs is 1. The molecule has 2 rings (SSSR count). The van der Waals surface area contributed by atoms with E-state index in [4.69, 9.17) is 5.73 Å². The zero-order valence-electron chi connectivity index (χ0n) is 10.8. The Labute approximate surface area is 107 Å². The minimum atomic E-state index is -0.338. The molecule has 0 aliphatic carbocycles. The molecule has 4 nitrogen and oxygen atoms in total. The van der Waals surface area contributed by atoms with Gasteiger partial charge in [-0.05, 0) is 37.6 Å². The first-order valence-corrected chi connectivity index (χ1v) is 6.19. The minimum Gasteiger partial charge on any atom is -0.399 e. The number of aliphatic hydroxyl groups excluding tert-OH is 1. The second-order valence-electron chi connectivity index (χ2n) is 4.53. The van der Waals surface area contributed by atoms with E-state index in [1.54, 1.807) is 0 Å². The van der Waals surface area contributed by atoms with Gasteiger partial charge in [0.1, 0.15) is 0 Å². The molecule has 0 aliphatic heterocycles. The van der Waals surface area contributed by atoms with Gasteiger partial charge in [0.15, 0.2) is 0 Å². The summed E-state index contributed by atoms with van der Waals surface area (Å²) in [6, 6.07) is 7.64. The number of hydrogen-bond donors (Lipinski definition) is 3. The third-order valence-electron chi connectivity index (χ3n) is 2.96. The number of nitrogens with one attached hydrogen (secondary N) is 1. The highest BCUT2D eigenvalue weighted by molar-refractivity contribution is 5.93. The molecule has 0 amide bonds. The van der Waals surface area contributed by atoms with Gasteiger partial charge in [-0.15, -0.1) is 0 Å². The van der Waals surface area contributed by atoms with E-state index in [0.29, 0.717) is 12.2 Å². The van der Waals surface area contributed by atoms with Crippen LogP contribution >= 0.6 is 0 Å². The molecule has 0 saturated carbocycles. The summed E-state index contributed by atoms with van der Waals surface area (Å²) < 4.78 is 0. The number of benzene rings is 1. The van der Waals surface area contributed by atoms with E-state index >= 15 is 0 Å². The molecule has 4 N–H and O–H groups in total. The monoisotopic (exact) mass is 245 g/mol. The fraction of sp³-hybridized carbons (Fsp3) is 0.357. The van der Waals surface area contributed by atoms with Gasteiger partial charge in [0.05, 0.1) is 11.6 Å². The summed E-state index contributed by atoms with van der Waals surface area (Å²) in [7, 11) is 0. The topological polar surface area (TPSA) is 71.2 Å². The van der Waals surface area contributed by atoms with Crippen molar-refractivity contribution in [3.05, 3.63) is 30.0 Å². The van der Waals surface area contributed by atoms with Crippen molar-refractivity contribution in [1.82, 2.24) is 4.98 Å². The zero-order valence-corrected chi connectivity index (χ0v) is 10.8. The maximum atomic E-state index is 9.61. The number of nitrogens with zero attached hydrogens (tertiary/aromatic N) is 1. The molecule has 1 heterocycles. The average molecular weight is 245 g/mol. The van der Waals surface area contributed by atoms with E-state index in [-0.39, 0.29) is 6.10 Å². The van der Waals surface area contributed by atoms with Gasteiger partial charge >= 0.3 is 0 Å². The van der Waals surface area contributed by atoms with Gasteiger partial charge in [0, 0.05) is 29.0 Å². The zero-order chi connectivity index (χ0) is 13.1. The SMILES string of the molecule is CCC(O)CNc1cc(C)nc2ccc(N)cc12. The van der Waals surface area contributed by atoms with Gasteiger partial charge in [-0.25, -0.2) is 0 Å². The van der Waals surface area contributed by atoms with Crippen LogP contribution in [0, 0.1) is 6.92 Å². The van der Waals surface area contributed by atoms with Crippen LogP contribution in [0.3, 0.4) is 0 Å². The molecule has 0 bridgehead atoms. The highest BCUT2D eigenvalue weighted by Gasteiger charge is 2.06. The number of anilines is 2.